The summed E-state index contributed by atoms with van der Waals surface area (Å²) in [6.45, 7) is 1.45. The molecule has 21 heavy (non-hydrogen) atoms. The third-order valence-corrected chi connectivity index (χ3v) is 1.77. The fourth-order valence-electron chi connectivity index (χ4n) is 1.01. The number of carboxylic acids is 1. The number of carbonyl (C=O) groups is 2. The van der Waals surface area contributed by atoms with Gasteiger partial charge in [0.1, 0.15) is 6.34 Å². The Kier molecular flexibility index (Phi) is 7.29. The number of aliphatic carboxylic acids is 1. The molecule has 0 atom stereocenters. The summed E-state index contributed by atoms with van der Waals surface area (Å²) in [5.41, 5.74) is 1.44. The number of hydrogen-bond acceptors (Lipinski definition) is 4. The largest absolute Gasteiger partial charge is 0.490 e. The van der Waals surface area contributed by atoms with Crippen molar-refractivity contribution >= 4 is 29.6 Å². The van der Waals surface area contributed by atoms with Crippen molar-refractivity contribution in [2.24, 2.45) is 10.9 Å². The van der Waals surface area contributed by atoms with Crippen LogP contribution in [0.2, 0.25) is 0 Å². The number of hydrazone groups is 1. The zero-order chi connectivity index (χ0) is 16.5. The molecule has 0 heterocycles. The maximum Gasteiger partial charge on any atom is 0.490 e. The fraction of sp³-hybridized carbons (Fsp3) is 0.182. The van der Waals surface area contributed by atoms with Crippen molar-refractivity contribution in [3.05, 3.63) is 24.3 Å². The normalized spacial score (nSPS) is 10.5. The fourth-order valence-corrected chi connectivity index (χ4v) is 1.01. The Balaban J connectivity index is 0.000000486. The van der Waals surface area contributed by atoms with Crippen molar-refractivity contribution in [2.45, 2.75) is 13.1 Å². The molecule has 0 saturated carbocycles. The second-order valence-corrected chi connectivity index (χ2v) is 3.45. The molecule has 7 nitrogen and oxygen atoms in total. The van der Waals surface area contributed by atoms with Crippen LogP contribution in [0.1, 0.15) is 6.92 Å². The number of benzene rings is 1. The molecule has 1 amide bonds. The number of hydrogen-bond donors (Lipinski definition) is 4. The van der Waals surface area contributed by atoms with Crippen LogP contribution in [0.15, 0.2) is 29.4 Å². The number of halogens is 3. The van der Waals surface area contributed by atoms with Gasteiger partial charge in [-0.2, -0.15) is 18.3 Å². The molecule has 1 aromatic carbocycles. The predicted octanol–water partition coefficient (Wildman–Crippen LogP) is 1.59. The highest BCUT2D eigenvalue weighted by Crippen LogP contribution is 2.19. The van der Waals surface area contributed by atoms with E-state index < -0.39 is 12.1 Å². The summed E-state index contributed by atoms with van der Waals surface area (Å²) in [6.07, 6.45) is -3.74. The van der Waals surface area contributed by atoms with Crippen molar-refractivity contribution in [1.82, 2.24) is 0 Å². The molecule has 0 aromatic heterocycles. The topological polar surface area (TPSA) is 117 Å². The molecule has 0 bridgehead atoms. The average Bonchev–Trinajstić information content (AvgIpc) is 2.36. The number of carbonyl (C=O) groups excluding carboxylic acids is 1. The highest BCUT2D eigenvalue weighted by atomic mass is 19.4. The van der Waals surface area contributed by atoms with Gasteiger partial charge < -0.3 is 21.6 Å². The van der Waals surface area contributed by atoms with E-state index >= 15 is 0 Å². The molecule has 0 spiro atoms. The molecule has 1 rings (SSSR count). The first-order valence-electron chi connectivity index (χ1n) is 5.33. The number of anilines is 2. The van der Waals surface area contributed by atoms with Gasteiger partial charge in [-0.15, -0.1) is 0 Å². The molecular weight excluding hydrogens is 293 g/mol. The van der Waals surface area contributed by atoms with Gasteiger partial charge in [0.15, 0.2) is 0 Å². The zero-order valence-corrected chi connectivity index (χ0v) is 10.8. The third kappa shape index (κ3) is 8.08. The van der Waals surface area contributed by atoms with Crippen molar-refractivity contribution in [3.63, 3.8) is 0 Å². The Morgan fingerprint density at radius 2 is 1.76 bits per heavy atom. The van der Waals surface area contributed by atoms with Gasteiger partial charge in [0, 0.05) is 6.92 Å². The van der Waals surface area contributed by atoms with Crippen LogP contribution in [0.5, 0.6) is 0 Å². The van der Waals surface area contributed by atoms with E-state index in [2.05, 4.69) is 15.7 Å². The summed E-state index contributed by atoms with van der Waals surface area (Å²) in [5.74, 6) is 2.07. The molecule has 10 heteroatoms. The van der Waals surface area contributed by atoms with Crippen LogP contribution in [-0.2, 0) is 9.59 Å². The average molecular weight is 306 g/mol. The SMILES string of the molecule is CC(=O)Nc1ccccc1NC=NN.O=C(O)C(F)(F)F. The van der Waals surface area contributed by atoms with Gasteiger partial charge in [0.2, 0.25) is 5.91 Å². The maximum atomic E-state index is 10.8. The van der Waals surface area contributed by atoms with E-state index in [1.54, 1.807) is 6.07 Å². The van der Waals surface area contributed by atoms with Gasteiger partial charge in [-0.3, -0.25) is 4.79 Å². The summed E-state index contributed by atoms with van der Waals surface area (Å²) in [6, 6.07) is 7.27. The van der Waals surface area contributed by atoms with Crippen LogP contribution in [0, 0.1) is 0 Å². The highest BCUT2D eigenvalue weighted by Gasteiger charge is 2.38. The summed E-state index contributed by atoms with van der Waals surface area (Å²) in [5, 5.41) is 15.9. The first-order valence-corrected chi connectivity index (χ1v) is 5.33. The monoisotopic (exact) mass is 306 g/mol. The van der Waals surface area contributed by atoms with Gasteiger partial charge in [0.25, 0.3) is 0 Å². The van der Waals surface area contributed by atoms with Crippen LogP contribution in [-0.4, -0.2) is 29.5 Å². The standard InChI is InChI=1S/C9H12N4O.C2HF3O2/c1-7(14)13-9-5-3-2-4-8(9)11-6-12-10;3-2(4,5)1(6)7/h2-6H,10H2,1H3,(H,11,12)(H,13,14);(H,6,7). The smallest absolute Gasteiger partial charge is 0.475 e. The molecule has 116 valence electrons. The zero-order valence-electron chi connectivity index (χ0n) is 10.8. The number of nitrogens with one attached hydrogen (secondary N) is 2. The lowest BCUT2D eigenvalue weighted by atomic mass is 10.2. The quantitative estimate of drug-likeness (QED) is 0.293. The van der Waals surface area contributed by atoms with Crippen LogP contribution >= 0.6 is 0 Å². The molecule has 1 aromatic rings. The van der Waals surface area contributed by atoms with Gasteiger partial charge in [-0.25, -0.2) is 4.79 Å². The van der Waals surface area contributed by atoms with E-state index in [0.717, 1.165) is 5.69 Å². The third-order valence-electron chi connectivity index (χ3n) is 1.77. The minimum absolute atomic E-state index is 0.121. The number of nitrogens with two attached hydrogens (primary N) is 1. The second kappa shape index (κ2) is 8.40. The van der Waals surface area contributed by atoms with Gasteiger partial charge in [-0.1, -0.05) is 12.1 Å². The number of carboxylic acid groups (broad SMARTS) is 1. The first kappa shape index (κ1) is 18.2. The van der Waals surface area contributed by atoms with Gasteiger partial charge >= 0.3 is 12.1 Å². The van der Waals surface area contributed by atoms with E-state index in [4.69, 9.17) is 15.7 Å². The van der Waals surface area contributed by atoms with Crippen LogP contribution in [0.3, 0.4) is 0 Å². The second-order valence-electron chi connectivity index (χ2n) is 3.45. The van der Waals surface area contributed by atoms with E-state index in [0.29, 0.717) is 5.69 Å². The summed E-state index contributed by atoms with van der Waals surface area (Å²) in [7, 11) is 0. The molecule has 0 fully saturated rings. The van der Waals surface area contributed by atoms with Crippen molar-refractivity contribution < 1.29 is 27.9 Å². The number of nitrogens with zero attached hydrogens (tertiary/aromatic N) is 1. The van der Waals surface area contributed by atoms with Crippen LogP contribution < -0.4 is 16.5 Å². The Morgan fingerprint density at radius 3 is 2.14 bits per heavy atom. The molecular formula is C11H13F3N4O3. The van der Waals surface area contributed by atoms with E-state index in [9.17, 15) is 18.0 Å². The van der Waals surface area contributed by atoms with Crippen LogP contribution in [0.25, 0.3) is 0 Å². The molecule has 0 aliphatic carbocycles. The Hall–Kier alpha value is -2.78. The van der Waals surface area contributed by atoms with Crippen molar-refractivity contribution in [3.8, 4) is 0 Å². The number of alkyl halides is 3. The number of amides is 1. The van der Waals surface area contributed by atoms with E-state index in [-0.39, 0.29) is 5.91 Å². The van der Waals surface area contributed by atoms with E-state index in [1.807, 2.05) is 18.2 Å². The van der Waals surface area contributed by atoms with Crippen molar-refractivity contribution in [1.29, 1.82) is 0 Å². The lowest BCUT2D eigenvalue weighted by Crippen LogP contribution is -2.21. The molecule has 0 saturated heterocycles. The Bertz CT molecular complexity index is 518. The lowest BCUT2D eigenvalue weighted by molar-refractivity contribution is -0.192. The number of para-hydroxylation sites is 2. The summed E-state index contributed by atoms with van der Waals surface area (Å²) in [4.78, 5) is 19.7. The minimum Gasteiger partial charge on any atom is -0.475 e. The van der Waals surface area contributed by atoms with Crippen LogP contribution in [0.4, 0.5) is 24.5 Å². The summed E-state index contributed by atoms with van der Waals surface area (Å²) < 4.78 is 31.7. The minimum atomic E-state index is -5.08. The molecule has 0 radical (unpaired) electrons. The van der Waals surface area contributed by atoms with Gasteiger partial charge in [-0.05, 0) is 12.1 Å². The molecule has 0 aliphatic rings. The molecule has 0 unspecified atom stereocenters. The molecule has 5 N–H and O–H groups in total. The Morgan fingerprint density at radius 1 is 1.29 bits per heavy atom. The highest BCUT2D eigenvalue weighted by molar-refractivity contribution is 5.94. The first-order chi connectivity index (χ1) is 9.68. The number of rotatable bonds is 3. The molecule has 0 aliphatic heterocycles. The van der Waals surface area contributed by atoms with Crippen molar-refractivity contribution in [2.75, 3.05) is 10.6 Å². The maximum absolute atomic E-state index is 10.8. The van der Waals surface area contributed by atoms with E-state index in [1.165, 1.54) is 13.3 Å². The predicted molar refractivity (Wildman–Crippen MR) is 70.7 cm³/mol. The van der Waals surface area contributed by atoms with Gasteiger partial charge in [0.05, 0.1) is 11.4 Å². The lowest BCUT2D eigenvalue weighted by Gasteiger charge is -2.08. The Labute approximate surface area is 117 Å². The summed E-state index contributed by atoms with van der Waals surface area (Å²) >= 11 is 0.